The van der Waals surface area contributed by atoms with Crippen molar-refractivity contribution in [2.75, 3.05) is 44.7 Å². The van der Waals surface area contributed by atoms with Gasteiger partial charge in [-0.25, -0.2) is 0 Å². The maximum absolute atomic E-state index is 13.2. The lowest BCUT2D eigenvalue weighted by atomic mass is 10.2. The number of benzene rings is 1. The van der Waals surface area contributed by atoms with Gasteiger partial charge in [0.1, 0.15) is 5.69 Å². The average molecular weight is 403 g/mol. The van der Waals surface area contributed by atoms with Crippen LogP contribution in [0.4, 0.5) is 5.69 Å². The normalized spacial score (nSPS) is 14.9. The summed E-state index contributed by atoms with van der Waals surface area (Å²) >= 11 is 6.09. The molecule has 1 aromatic heterocycles. The predicted molar refractivity (Wildman–Crippen MR) is 114 cm³/mol. The SMILES string of the molecule is C=CCCCCOc1c(N2CCN(C)CC2)cnn(-c2cccc(Cl)c2)c1=O. The summed E-state index contributed by atoms with van der Waals surface area (Å²) in [6.07, 6.45) is 6.42. The molecule has 150 valence electrons. The van der Waals surface area contributed by atoms with Gasteiger partial charge >= 0.3 is 5.56 Å². The lowest BCUT2D eigenvalue weighted by Crippen LogP contribution is -2.45. The smallest absolute Gasteiger partial charge is 0.316 e. The molecule has 1 aliphatic heterocycles. The molecule has 0 spiro atoms. The maximum Gasteiger partial charge on any atom is 0.316 e. The number of hydrogen-bond donors (Lipinski definition) is 0. The highest BCUT2D eigenvalue weighted by Crippen LogP contribution is 2.26. The Hall–Kier alpha value is -2.31. The minimum absolute atomic E-state index is 0.262. The maximum atomic E-state index is 13.2. The number of nitrogens with zero attached hydrogens (tertiary/aromatic N) is 4. The van der Waals surface area contributed by atoms with Gasteiger partial charge in [-0.15, -0.1) is 6.58 Å². The summed E-state index contributed by atoms with van der Waals surface area (Å²) in [5.41, 5.74) is 1.13. The second-order valence-electron chi connectivity index (χ2n) is 6.98. The summed E-state index contributed by atoms with van der Waals surface area (Å²) in [6.45, 7) is 7.79. The van der Waals surface area contributed by atoms with E-state index in [2.05, 4.69) is 28.5 Å². The van der Waals surface area contributed by atoms with E-state index in [9.17, 15) is 4.79 Å². The average Bonchev–Trinajstić information content (AvgIpc) is 2.69. The van der Waals surface area contributed by atoms with Crippen molar-refractivity contribution in [3.05, 3.63) is 58.5 Å². The largest absolute Gasteiger partial charge is 0.486 e. The second kappa shape index (κ2) is 9.75. The fraction of sp³-hybridized carbons (Fsp3) is 0.429. The lowest BCUT2D eigenvalue weighted by molar-refractivity contribution is 0.292. The molecule has 3 rings (SSSR count). The zero-order valence-corrected chi connectivity index (χ0v) is 17.1. The van der Waals surface area contributed by atoms with E-state index < -0.39 is 0 Å². The molecule has 1 aromatic carbocycles. The molecule has 2 heterocycles. The van der Waals surface area contributed by atoms with Gasteiger partial charge in [-0.2, -0.15) is 9.78 Å². The highest BCUT2D eigenvalue weighted by Gasteiger charge is 2.22. The molecule has 2 aromatic rings. The molecule has 0 atom stereocenters. The van der Waals surface area contributed by atoms with Crippen molar-refractivity contribution < 1.29 is 4.74 Å². The first-order valence-corrected chi connectivity index (χ1v) is 10.0. The molecule has 0 N–H and O–H groups in total. The molecule has 0 aliphatic carbocycles. The fourth-order valence-electron chi connectivity index (χ4n) is 3.19. The highest BCUT2D eigenvalue weighted by molar-refractivity contribution is 6.30. The zero-order valence-electron chi connectivity index (χ0n) is 16.3. The van der Waals surface area contributed by atoms with Crippen molar-refractivity contribution in [3.63, 3.8) is 0 Å². The van der Waals surface area contributed by atoms with Crippen LogP contribution in [-0.2, 0) is 0 Å². The van der Waals surface area contributed by atoms with E-state index in [0.717, 1.165) is 51.1 Å². The van der Waals surface area contributed by atoms with Gasteiger partial charge in [0.15, 0.2) is 0 Å². The van der Waals surface area contributed by atoms with Crippen molar-refractivity contribution in [2.24, 2.45) is 0 Å². The van der Waals surface area contributed by atoms with Gasteiger partial charge in [-0.05, 0) is 44.5 Å². The van der Waals surface area contributed by atoms with Crippen molar-refractivity contribution in [3.8, 4) is 11.4 Å². The number of ether oxygens (including phenoxy) is 1. The van der Waals surface area contributed by atoms with E-state index >= 15 is 0 Å². The third-order valence-corrected chi connectivity index (χ3v) is 5.10. The molecule has 1 fully saturated rings. The van der Waals surface area contributed by atoms with Crippen molar-refractivity contribution in [1.29, 1.82) is 0 Å². The van der Waals surface area contributed by atoms with Crippen LogP contribution in [0, 0.1) is 0 Å². The van der Waals surface area contributed by atoms with Gasteiger partial charge in [0.05, 0.1) is 18.5 Å². The molecule has 0 amide bonds. The van der Waals surface area contributed by atoms with E-state index in [1.165, 1.54) is 4.68 Å². The Labute approximate surface area is 171 Å². The van der Waals surface area contributed by atoms with Crippen LogP contribution >= 0.6 is 11.6 Å². The number of allylic oxidation sites excluding steroid dienone is 1. The molecule has 0 radical (unpaired) electrons. The fourth-order valence-corrected chi connectivity index (χ4v) is 3.38. The Balaban J connectivity index is 1.91. The van der Waals surface area contributed by atoms with E-state index in [1.54, 1.807) is 24.4 Å². The number of halogens is 1. The molecular weight excluding hydrogens is 376 g/mol. The number of piperazine rings is 1. The van der Waals surface area contributed by atoms with Crippen LogP contribution in [0.1, 0.15) is 19.3 Å². The number of hydrogen-bond acceptors (Lipinski definition) is 5. The van der Waals surface area contributed by atoms with Crippen LogP contribution < -0.4 is 15.2 Å². The summed E-state index contributed by atoms with van der Waals surface area (Å²) in [6, 6.07) is 7.10. The summed E-state index contributed by atoms with van der Waals surface area (Å²) in [5, 5.41) is 4.96. The summed E-state index contributed by atoms with van der Waals surface area (Å²) < 4.78 is 7.34. The predicted octanol–water partition coefficient (Wildman–Crippen LogP) is 3.37. The van der Waals surface area contributed by atoms with Crippen LogP contribution in [0.3, 0.4) is 0 Å². The third kappa shape index (κ3) is 4.94. The Morgan fingerprint density at radius 3 is 2.75 bits per heavy atom. The molecule has 6 nitrogen and oxygen atoms in total. The molecule has 0 bridgehead atoms. The lowest BCUT2D eigenvalue weighted by Gasteiger charge is -2.34. The summed E-state index contributed by atoms with van der Waals surface area (Å²) in [4.78, 5) is 17.7. The first-order valence-electron chi connectivity index (χ1n) is 9.65. The van der Waals surface area contributed by atoms with E-state index in [1.807, 2.05) is 12.1 Å². The van der Waals surface area contributed by atoms with Crippen LogP contribution in [0.15, 0.2) is 47.9 Å². The number of aromatic nitrogens is 2. The van der Waals surface area contributed by atoms with E-state index in [4.69, 9.17) is 16.3 Å². The molecule has 7 heteroatoms. The van der Waals surface area contributed by atoms with Gasteiger partial charge < -0.3 is 14.5 Å². The first-order chi connectivity index (χ1) is 13.6. The van der Waals surface area contributed by atoms with Crippen molar-refractivity contribution in [1.82, 2.24) is 14.7 Å². The number of unbranched alkanes of at least 4 members (excludes halogenated alkanes) is 2. The summed E-state index contributed by atoms with van der Waals surface area (Å²) in [5.74, 6) is 0.359. The number of anilines is 1. The Morgan fingerprint density at radius 1 is 1.25 bits per heavy atom. The van der Waals surface area contributed by atoms with Crippen LogP contribution in [0.2, 0.25) is 5.02 Å². The van der Waals surface area contributed by atoms with Crippen LogP contribution in [0.25, 0.3) is 5.69 Å². The van der Waals surface area contributed by atoms with E-state index in [-0.39, 0.29) is 5.56 Å². The second-order valence-corrected chi connectivity index (χ2v) is 7.42. The monoisotopic (exact) mass is 402 g/mol. The third-order valence-electron chi connectivity index (χ3n) is 4.86. The Bertz CT molecular complexity index is 860. The highest BCUT2D eigenvalue weighted by atomic mass is 35.5. The Kier molecular flexibility index (Phi) is 7.12. The van der Waals surface area contributed by atoms with E-state index in [0.29, 0.717) is 23.1 Å². The van der Waals surface area contributed by atoms with Crippen LogP contribution in [0.5, 0.6) is 5.75 Å². The Morgan fingerprint density at radius 2 is 2.04 bits per heavy atom. The summed E-state index contributed by atoms with van der Waals surface area (Å²) in [7, 11) is 2.10. The first kappa shape index (κ1) is 20.4. The molecule has 1 saturated heterocycles. The molecular formula is C21H27ClN4O2. The molecule has 1 aliphatic rings. The van der Waals surface area contributed by atoms with Gasteiger partial charge in [0, 0.05) is 31.2 Å². The number of likely N-dealkylation sites (N-methyl/N-ethyl adjacent to an activating group) is 1. The van der Waals surface area contributed by atoms with Crippen molar-refractivity contribution in [2.45, 2.75) is 19.3 Å². The standard InChI is InChI=1S/C21H27ClN4O2/c1-3-4-5-6-14-28-20-19(25-12-10-24(2)11-13-25)16-23-26(21(20)27)18-9-7-8-17(22)15-18/h3,7-9,15-16H,1,4-6,10-14H2,2H3. The molecule has 0 unspecified atom stereocenters. The van der Waals surface area contributed by atoms with Gasteiger partial charge in [0.25, 0.3) is 0 Å². The minimum Gasteiger partial charge on any atom is -0.486 e. The molecule has 28 heavy (non-hydrogen) atoms. The topological polar surface area (TPSA) is 50.6 Å². The van der Waals surface area contributed by atoms with Gasteiger partial charge in [0.2, 0.25) is 5.75 Å². The zero-order chi connectivity index (χ0) is 19.9. The van der Waals surface area contributed by atoms with Crippen molar-refractivity contribution >= 4 is 17.3 Å². The van der Waals surface area contributed by atoms with Gasteiger partial charge in [-0.1, -0.05) is 23.7 Å². The number of rotatable bonds is 8. The quantitative estimate of drug-likeness (QED) is 0.500. The minimum atomic E-state index is -0.262. The van der Waals surface area contributed by atoms with Crippen LogP contribution in [-0.4, -0.2) is 54.5 Å². The van der Waals surface area contributed by atoms with Gasteiger partial charge in [-0.3, -0.25) is 4.79 Å². The molecule has 0 saturated carbocycles.